The summed E-state index contributed by atoms with van der Waals surface area (Å²) in [5.41, 5.74) is 7.58. The lowest BCUT2D eigenvalue weighted by molar-refractivity contribution is -0.705. The zero-order valence-corrected chi connectivity index (χ0v) is 22.9. The fourth-order valence-corrected chi connectivity index (χ4v) is 5.33. The van der Waals surface area contributed by atoms with Gasteiger partial charge in [-0.2, -0.15) is 0 Å². The molecule has 1 aliphatic heterocycles. The van der Waals surface area contributed by atoms with Crippen LogP contribution in [0.25, 0.3) is 0 Å². The highest BCUT2D eigenvalue weighted by atomic mass is 35.5. The molecule has 4 aromatic rings. The summed E-state index contributed by atoms with van der Waals surface area (Å²) in [6.07, 6.45) is 7.32. The van der Waals surface area contributed by atoms with Crippen LogP contribution < -0.4 is 9.30 Å². The van der Waals surface area contributed by atoms with E-state index < -0.39 is 0 Å². The molecule has 4 nitrogen and oxygen atoms in total. The number of benzene rings is 3. The fraction of sp³-hybridized carbons (Fsp3) is 0.344. The second-order valence-electron chi connectivity index (χ2n) is 10.5. The van der Waals surface area contributed by atoms with Gasteiger partial charge in [-0.3, -0.25) is 0 Å². The number of imidazole rings is 1. The lowest BCUT2D eigenvalue weighted by Crippen LogP contribution is -2.36. The first-order chi connectivity index (χ1) is 17.9. The van der Waals surface area contributed by atoms with Gasteiger partial charge in [0.05, 0.1) is 6.61 Å². The van der Waals surface area contributed by atoms with Gasteiger partial charge in [0.25, 0.3) is 0 Å². The average Bonchev–Trinajstić information content (AvgIpc) is 3.49. The van der Waals surface area contributed by atoms with Crippen molar-refractivity contribution in [1.29, 1.82) is 0 Å². The Bertz CT molecular complexity index is 1380. The Morgan fingerprint density at radius 2 is 1.84 bits per heavy atom. The van der Waals surface area contributed by atoms with Gasteiger partial charge >= 0.3 is 0 Å². The third kappa shape index (κ3) is 6.08. The molecule has 1 aromatic heterocycles. The van der Waals surface area contributed by atoms with Crippen LogP contribution in [-0.4, -0.2) is 10.7 Å². The second-order valence-corrected chi connectivity index (χ2v) is 10.9. The maximum absolute atomic E-state index is 6.63. The van der Waals surface area contributed by atoms with E-state index in [2.05, 4.69) is 98.0 Å². The van der Waals surface area contributed by atoms with E-state index in [1.165, 1.54) is 33.4 Å². The zero-order valence-electron chi connectivity index (χ0n) is 22.2. The van der Waals surface area contributed by atoms with E-state index in [0.717, 1.165) is 30.3 Å². The summed E-state index contributed by atoms with van der Waals surface area (Å²) in [7, 11) is 0. The van der Waals surface area contributed by atoms with Crippen LogP contribution in [0, 0.1) is 13.8 Å². The summed E-state index contributed by atoms with van der Waals surface area (Å²) >= 11 is 6.17. The first kappa shape index (κ1) is 25.6. The Hall–Kier alpha value is -3.08. The summed E-state index contributed by atoms with van der Waals surface area (Å²) in [6.45, 7) is 10.9. The van der Waals surface area contributed by atoms with Crippen molar-refractivity contribution in [2.45, 2.75) is 71.9 Å². The van der Waals surface area contributed by atoms with Crippen LogP contribution in [0.1, 0.15) is 59.3 Å². The SMILES string of the molecule is Cc1ccc(COC(C[n+]2ccn(CC3Cc4cc(Cl)ccc4O3)c2)c2ccccc2C(C)C)cc1C. The van der Waals surface area contributed by atoms with Crippen LogP contribution in [-0.2, 0) is 30.9 Å². The summed E-state index contributed by atoms with van der Waals surface area (Å²) in [6, 6.07) is 21.1. The van der Waals surface area contributed by atoms with Crippen LogP contribution in [0.4, 0.5) is 0 Å². The topological polar surface area (TPSA) is 27.3 Å². The number of aryl methyl sites for hydroxylation is 2. The normalized spacial score (nSPS) is 15.6. The summed E-state index contributed by atoms with van der Waals surface area (Å²) in [5, 5.41) is 0.760. The first-order valence-electron chi connectivity index (χ1n) is 13.1. The maximum Gasteiger partial charge on any atom is 0.243 e. The number of rotatable bonds is 9. The summed E-state index contributed by atoms with van der Waals surface area (Å²) in [5.74, 6) is 1.37. The highest BCUT2D eigenvalue weighted by molar-refractivity contribution is 6.30. The van der Waals surface area contributed by atoms with Gasteiger partial charge in [0, 0.05) is 11.4 Å². The molecule has 0 radical (unpaired) electrons. The second kappa shape index (κ2) is 11.1. The van der Waals surface area contributed by atoms with Crippen molar-refractivity contribution < 1.29 is 14.0 Å². The quantitative estimate of drug-likeness (QED) is 0.222. The summed E-state index contributed by atoms with van der Waals surface area (Å²) < 4.78 is 17.2. The van der Waals surface area contributed by atoms with Crippen LogP contribution in [0.2, 0.25) is 5.02 Å². The molecule has 0 N–H and O–H groups in total. The zero-order chi connectivity index (χ0) is 25.9. The van der Waals surface area contributed by atoms with Gasteiger partial charge in [0.15, 0.2) is 0 Å². The van der Waals surface area contributed by atoms with Crippen molar-refractivity contribution in [2.24, 2.45) is 0 Å². The van der Waals surface area contributed by atoms with Crippen LogP contribution in [0.3, 0.4) is 0 Å². The molecule has 1 aliphatic rings. The minimum absolute atomic E-state index is 0.0600. The van der Waals surface area contributed by atoms with Gasteiger partial charge in [0.2, 0.25) is 6.33 Å². The highest BCUT2D eigenvalue weighted by Gasteiger charge is 2.26. The van der Waals surface area contributed by atoms with Crippen molar-refractivity contribution in [1.82, 2.24) is 4.57 Å². The van der Waals surface area contributed by atoms with E-state index in [4.69, 9.17) is 21.1 Å². The van der Waals surface area contributed by atoms with E-state index in [-0.39, 0.29) is 12.2 Å². The predicted molar refractivity (Wildman–Crippen MR) is 148 cm³/mol. The van der Waals surface area contributed by atoms with Gasteiger partial charge < -0.3 is 9.47 Å². The number of aromatic nitrogens is 2. The van der Waals surface area contributed by atoms with Crippen LogP contribution in [0.15, 0.2) is 79.4 Å². The van der Waals surface area contributed by atoms with Crippen molar-refractivity contribution in [3.05, 3.63) is 118 Å². The van der Waals surface area contributed by atoms with Gasteiger partial charge in [-0.05, 0) is 71.3 Å². The van der Waals surface area contributed by atoms with Crippen LogP contribution in [0.5, 0.6) is 5.75 Å². The van der Waals surface area contributed by atoms with Gasteiger partial charge in [-0.1, -0.05) is 67.9 Å². The molecule has 192 valence electrons. The van der Waals surface area contributed by atoms with E-state index in [1.54, 1.807) is 0 Å². The van der Waals surface area contributed by atoms with E-state index in [1.807, 2.05) is 18.2 Å². The Morgan fingerprint density at radius 1 is 1.03 bits per heavy atom. The summed E-state index contributed by atoms with van der Waals surface area (Å²) in [4.78, 5) is 0. The molecule has 0 amide bonds. The molecular weight excluding hydrogens is 480 g/mol. The molecular formula is C32H36ClN2O2+. The largest absolute Gasteiger partial charge is 0.486 e. The molecule has 5 rings (SSSR count). The van der Waals surface area contributed by atoms with Gasteiger partial charge in [0.1, 0.15) is 43.4 Å². The standard InChI is InChI=1S/C32H36ClN2O2/c1-22(2)29-7-5-6-8-30(29)32(36-20-25-10-9-23(3)24(4)15-25)19-35-14-13-34(21-35)18-28-17-26-16-27(33)11-12-31(26)37-28/h5-16,21-22,28,32H,17-20H2,1-4H3/q+1. The number of hydrogen-bond acceptors (Lipinski definition) is 2. The number of fused-ring (bicyclic) bond motifs is 1. The molecule has 2 atom stereocenters. The van der Waals surface area contributed by atoms with Crippen molar-refractivity contribution >= 4 is 11.6 Å². The molecule has 37 heavy (non-hydrogen) atoms. The predicted octanol–water partition coefficient (Wildman–Crippen LogP) is 7.13. The molecule has 0 saturated carbocycles. The average molecular weight is 516 g/mol. The Kier molecular flexibility index (Phi) is 7.68. The maximum atomic E-state index is 6.63. The van der Waals surface area contributed by atoms with Crippen LogP contribution >= 0.6 is 11.6 Å². The Labute approximate surface area is 225 Å². The molecule has 0 saturated heterocycles. The number of ether oxygens (including phenoxy) is 2. The molecule has 0 bridgehead atoms. The Balaban J connectivity index is 1.31. The molecule has 2 unspecified atom stereocenters. The van der Waals surface area contributed by atoms with E-state index in [9.17, 15) is 0 Å². The number of halogens is 1. The molecule has 3 aromatic carbocycles. The number of nitrogens with zero attached hydrogens (tertiary/aromatic N) is 2. The molecule has 0 aliphatic carbocycles. The van der Waals surface area contributed by atoms with Crippen molar-refractivity contribution in [3.63, 3.8) is 0 Å². The lowest BCUT2D eigenvalue weighted by Gasteiger charge is -2.22. The van der Waals surface area contributed by atoms with E-state index >= 15 is 0 Å². The monoisotopic (exact) mass is 515 g/mol. The number of hydrogen-bond donors (Lipinski definition) is 0. The highest BCUT2D eigenvalue weighted by Crippen LogP contribution is 2.32. The van der Waals surface area contributed by atoms with Gasteiger partial charge in [-0.25, -0.2) is 9.13 Å². The third-order valence-corrected chi connectivity index (χ3v) is 7.52. The molecule has 2 heterocycles. The minimum Gasteiger partial charge on any atom is -0.486 e. The van der Waals surface area contributed by atoms with E-state index in [0.29, 0.717) is 12.5 Å². The van der Waals surface area contributed by atoms with Crippen molar-refractivity contribution in [3.8, 4) is 5.75 Å². The fourth-order valence-electron chi connectivity index (χ4n) is 5.13. The molecule has 5 heteroatoms. The van der Waals surface area contributed by atoms with Gasteiger partial charge in [-0.15, -0.1) is 0 Å². The minimum atomic E-state index is -0.0600. The van der Waals surface area contributed by atoms with Crippen molar-refractivity contribution in [2.75, 3.05) is 0 Å². The lowest BCUT2D eigenvalue weighted by atomic mass is 9.94. The first-order valence-corrected chi connectivity index (χ1v) is 13.5. The molecule has 0 fully saturated rings. The Morgan fingerprint density at radius 3 is 2.62 bits per heavy atom. The smallest absolute Gasteiger partial charge is 0.243 e. The third-order valence-electron chi connectivity index (χ3n) is 7.29. The molecule has 0 spiro atoms.